The van der Waals surface area contributed by atoms with Gasteiger partial charge >= 0.3 is 0 Å². The van der Waals surface area contributed by atoms with E-state index in [1.54, 1.807) is 0 Å². The highest BCUT2D eigenvalue weighted by Gasteiger charge is 2.36. The van der Waals surface area contributed by atoms with E-state index in [9.17, 15) is 0 Å². The van der Waals surface area contributed by atoms with Gasteiger partial charge in [0.2, 0.25) is 0 Å². The number of rotatable bonds is 4. The van der Waals surface area contributed by atoms with E-state index in [0.717, 1.165) is 39.0 Å². The molecule has 0 saturated carbocycles. The van der Waals surface area contributed by atoms with Crippen molar-refractivity contribution in [3.05, 3.63) is 163 Å². The number of hydrogen-bond acceptors (Lipinski definition) is 2. The van der Waals surface area contributed by atoms with Crippen molar-refractivity contribution >= 4 is 49.8 Å². The fraction of sp³-hybridized carbons (Fsp3) is 0.0698. The zero-order valence-corrected chi connectivity index (χ0v) is 25.3. The molecule has 0 radical (unpaired) electrons. The number of nitrogens with zero attached hydrogens (tertiary/aromatic N) is 1. The average molecular weight is 578 g/mol. The van der Waals surface area contributed by atoms with Crippen LogP contribution >= 0.6 is 0 Å². The molecule has 2 heteroatoms. The summed E-state index contributed by atoms with van der Waals surface area (Å²) < 4.78 is 6.61. The molecule has 8 aromatic rings. The highest BCUT2D eigenvalue weighted by Crippen LogP contribution is 2.52. The monoisotopic (exact) mass is 577 g/mol. The van der Waals surface area contributed by atoms with Gasteiger partial charge in [0.25, 0.3) is 0 Å². The molecule has 0 N–H and O–H groups in total. The Morgan fingerprint density at radius 3 is 2.02 bits per heavy atom. The Balaban J connectivity index is 1.28. The van der Waals surface area contributed by atoms with Crippen molar-refractivity contribution in [1.29, 1.82) is 0 Å². The second kappa shape index (κ2) is 9.70. The molecule has 0 bridgehead atoms. The van der Waals surface area contributed by atoms with Gasteiger partial charge in [-0.3, -0.25) is 0 Å². The molecule has 1 aromatic heterocycles. The summed E-state index contributed by atoms with van der Waals surface area (Å²) in [7, 11) is 0. The third-order valence-corrected chi connectivity index (χ3v) is 9.62. The lowest BCUT2D eigenvalue weighted by atomic mass is 9.81. The van der Waals surface area contributed by atoms with Gasteiger partial charge in [-0.25, -0.2) is 0 Å². The number of benzene rings is 7. The maximum absolute atomic E-state index is 6.61. The maximum atomic E-state index is 6.61. The molecule has 7 aromatic carbocycles. The molecule has 2 nitrogen and oxygen atoms in total. The van der Waals surface area contributed by atoms with Crippen molar-refractivity contribution in [2.45, 2.75) is 19.3 Å². The van der Waals surface area contributed by atoms with E-state index < -0.39 is 0 Å². The van der Waals surface area contributed by atoms with Crippen LogP contribution in [0, 0.1) is 0 Å². The van der Waals surface area contributed by atoms with Crippen LogP contribution in [0.3, 0.4) is 0 Å². The van der Waals surface area contributed by atoms with Crippen LogP contribution in [-0.4, -0.2) is 0 Å². The van der Waals surface area contributed by atoms with Crippen LogP contribution < -0.4 is 4.90 Å². The fourth-order valence-electron chi connectivity index (χ4n) is 7.34. The number of fused-ring (bicyclic) bond motifs is 7. The number of hydrogen-bond donors (Lipinski definition) is 0. The minimum Gasteiger partial charge on any atom is -0.454 e. The van der Waals surface area contributed by atoms with E-state index >= 15 is 0 Å². The molecule has 1 aliphatic rings. The summed E-state index contributed by atoms with van der Waals surface area (Å²) in [6.45, 7) is 4.72. The summed E-state index contributed by atoms with van der Waals surface area (Å²) in [4.78, 5) is 2.37. The van der Waals surface area contributed by atoms with Crippen LogP contribution in [0.5, 0.6) is 0 Å². The Morgan fingerprint density at radius 1 is 0.489 bits per heavy atom. The molecule has 0 atom stereocenters. The summed E-state index contributed by atoms with van der Waals surface area (Å²) in [5, 5.41) is 4.81. The summed E-state index contributed by atoms with van der Waals surface area (Å²) >= 11 is 0. The zero-order valence-electron chi connectivity index (χ0n) is 25.3. The quantitative estimate of drug-likeness (QED) is 0.207. The van der Waals surface area contributed by atoms with Crippen LogP contribution in [0.15, 0.2) is 156 Å². The number of furan rings is 1. The second-order valence-electron chi connectivity index (χ2n) is 12.6. The lowest BCUT2D eigenvalue weighted by Gasteiger charge is -2.28. The van der Waals surface area contributed by atoms with Gasteiger partial charge in [0.05, 0.1) is 5.69 Å². The lowest BCUT2D eigenvalue weighted by Crippen LogP contribution is -2.16. The first-order valence-corrected chi connectivity index (χ1v) is 15.6. The Hall–Kier alpha value is -5.60. The Bertz CT molecular complexity index is 2410. The minimum atomic E-state index is -0.145. The van der Waals surface area contributed by atoms with Gasteiger partial charge in [0, 0.05) is 27.6 Å². The van der Waals surface area contributed by atoms with Crippen molar-refractivity contribution in [1.82, 2.24) is 0 Å². The number of para-hydroxylation sites is 2. The van der Waals surface area contributed by atoms with Gasteiger partial charge < -0.3 is 9.32 Å². The van der Waals surface area contributed by atoms with E-state index in [4.69, 9.17) is 4.42 Å². The molecule has 0 saturated heterocycles. The summed E-state index contributed by atoms with van der Waals surface area (Å²) in [5.74, 6) is 0. The third kappa shape index (κ3) is 3.96. The normalized spacial score (nSPS) is 13.3. The molecule has 0 unspecified atom stereocenters. The molecule has 214 valence electrons. The van der Waals surface area contributed by atoms with E-state index in [1.807, 2.05) is 6.07 Å². The van der Waals surface area contributed by atoms with E-state index in [1.165, 1.54) is 44.2 Å². The largest absolute Gasteiger partial charge is 0.454 e. The first-order chi connectivity index (χ1) is 22.1. The molecule has 1 aliphatic carbocycles. The van der Waals surface area contributed by atoms with Crippen molar-refractivity contribution in [3.63, 3.8) is 0 Å². The average Bonchev–Trinajstić information content (AvgIpc) is 3.57. The molecular formula is C43H31NO. The molecular weight excluding hydrogens is 546 g/mol. The first-order valence-electron chi connectivity index (χ1n) is 15.6. The van der Waals surface area contributed by atoms with Crippen LogP contribution in [0.4, 0.5) is 17.1 Å². The van der Waals surface area contributed by atoms with Gasteiger partial charge in [-0.2, -0.15) is 0 Å². The van der Waals surface area contributed by atoms with Gasteiger partial charge in [-0.15, -0.1) is 0 Å². The molecule has 0 aliphatic heterocycles. The third-order valence-electron chi connectivity index (χ3n) is 9.62. The SMILES string of the molecule is CC1(C)c2cc(N(c3cccc(-c4ccccc4)c3)c3cccc4c3oc3ccccc34)ccc2-c2cc3ccccc3cc21. The van der Waals surface area contributed by atoms with E-state index in [0.29, 0.717) is 0 Å². The maximum Gasteiger partial charge on any atom is 0.159 e. The summed E-state index contributed by atoms with van der Waals surface area (Å²) in [5.41, 5.74) is 12.6. The molecule has 9 rings (SSSR count). The van der Waals surface area contributed by atoms with Crippen LogP contribution in [0.1, 0.15) is 25.0 Å². The lowest BCUT2D eigenvalue weighted by molar-refractivity contribution is 0.661. The first kappa shape index (κ1) is 25.9. The highest BCUT2D eigenvalue weighted by atomic mass is 16.3. The predicted molar refractivity (Wildman–Crippen MR) is 189 cm³/mol. The van der Waals surface area contributed by atoms with Crippen LogP contribution in [-0.2, 0) is 5.41 Å². The van der Waals surface area contributed by atoms with Crippen molar-refractivity contribution in [2.24, 2.45) is 0 Å². The summed E-state index contributed by atoms with van der Waals surface area (Å²) in [6, 6.07) is 54.7. The molecule has 0 spiro atoms. The standard InChI is InChI=1S/C43H31NO/c1-43(2)38-26-31-15-7-6-14-30(31)25-37(38)34-23-22-33(27-39(34)43)44(32-17-10-16-29(24-32)28-12-4-3-5-13-28)40-20-11-19-36-35-18-8-9-21-41(35)45-42(36)40/h3-27H,1-2H3. The Morgan fingerprint density at radius 2 is 1.16 bits per heavy atom. The van der Waals surface area contributed by atoms with Gasteiger partial charge in [-0.1, -0.05) is 117 Å². The zero-order chi connectivity index (χ0) is 30.1. The second-order valence-corrected chi connectivity index (χ2v) is 12.6. The van der Waals surface area contributed by atoms with Gasteiger partial charge in [-0.05, 0) is 92.7 Å². The molecule has 45 heavy (non-hydrogen) atoms. The van der Waals surface area contributed by atoms with Crippen molar-refractivity contribution in [3.8, 4) is 22.3 Å². The fourth-order valence-corrected chi connectivity index (χ4v) is 7.34. The Labute approximate surface area is 262 Å². The predicted octanol–water partition coefficient (Wildman–Crippen LogP) is 12.2. The number of anilines is 3. The molecule has 1 heterocycles. The molecule has 0 fully saturated rings. The van der Waals surface area contributed by atoms with Gasteiger partial charge in [0.1, 0.15) is 5.58 Å². The molecule has 0 amide bonds. The van der Waals surface area contributed by atoms with E-state index in [-0.39, 0.29) is 5.41 Å². The highest BCUT2D eigenvalue weighted by molar-refractivity contribution is 6.10. The smallest absolute Gasteiger partial charge is 0.159 e. The Kier molecular flexibility index (Phi) is 5.58. The minimum absolute atomic E-state index is 0.145. The van der Waals surface area contributed by atoms with Crippen molar-refractivity contribution < 1.29 is 4.42 Å². The van der Waals surface area contributed by atoms with Crippen LogP contribution in [0.25, 0.3) is 55.0 Å². The topological polar surface area (TPSA) is 16.4 Å². The van der Waals surface area contributed by atoms with Crippen LogP contribution in [0.2, 0.25) is 0 Å². The van der Waals surface area contributed by atoms with Crippen molar-refractivity contribution in [2.75, 3.05) is 4.90 Å². The van der Waals surface area contributed by atoms with E-state index in [2.05, 4.69) is 164 Å². The summed E-state index contributed by atoms with van der Waals surface area (Å²) in [6.07, 6.45) is 0. The van der Waals surface area contributed by atoms with Gasteiger partial charge in [0.15, 0.2) is 5.58 Å².